The van der Waals surface area contributed by atoms with E-state index in [2.05, 4.69) is 50.5 Å². The van der Waals surface area contributed by atoms with E-state index in [0.717, 1.165) is 6.42 Å². The number of hydrogen-bond acceptors (Lipinski definition) is 1. The minimum atomic E-state index is -1.61. The van der Waals surface area contributed by atoms with Gasteiger partial charge in [0.05, 0.1) is 0 Å². The Balaban J connectivity index is 2.15. The molecule has 3 heteroatoms. The Morgan fingerprint density at radius 2 is 2.13 bits per heavy atom. The van der Waals surface area contributed by atoms with Crippen LogP contribution in [0.5, 0.6) is 0 Å². The topological polar surface area (TPSA) is 20.2 Å². The molecule has 0 spiro atoms. The Bertz CT molecular complexity index is 274. The van der Waals surface area contributed by atoms with Gasteiger partial charge in [0.15, 0.2) is 0 Å². The monoisotopic (exact) mass is 382 g/mol. The van der Waals surface area contributed by atoms with E-state index in [1.54, 1.807) is 0 Å². The number of halogens is 1. The van der Waals surface area contributed by atoms with Crippen LogP contribution in [-0.4, -0.2) is 28.4 Å². The van der Waals surface area contributed by atoms with Gasteiger partial charge >= 0.3 is 111 Å². The van der Waals surface area contributed by atoms with Crippen molar-refractivity contribution >= 4 is 35.9 Å². The molecule has 1 fully saturated rings. The number of hydrogen-bond donors (Lipinski definition) is 1. The van der Waals surface area contributed by atoms with Crippen molar-refractivity contribution in [2.75, 3.05) is 6.61 Å². The second-order valence-electron chi connectivity index (χ2n) is 5.52. The van der Waals surface area contributed by atoms with Gasteiger partial charge in [0.2, 0.25) is 0 Å². The Labute approximate surface area is 110 Å². The minimum absolute atomic E-state index is 0.367. The Kier molecular flexibility index (Phi) is 5.00. The number of aliphatic hydroxyl groups excluding tert-OH is 1. The molecule has 0 unspecified atom stereocenters. The fraction of sp³-hybridized carbons (Fsp3) is 0.833. The van der Waals surface area contributed by atoms with Crippen LogP contribution in [0.2, 0.25) is 17.3 Å². The molecule has 0 aromatic carbocycles. The fourth-order valence-corrected chi connectivity index (χ4v) is 4.17. The number of aliphatic hydroxyl groups is 1. The second kappa shape index (κ2) is 5.42. The van der Waals surface area contributed by atoms with E-state index < -0.39 is 13.3 Å². The summed E-state index contributed by atoms with van der Waals surface area (Å²) >= 11 is 0.907. The van der Waals surface area contributed by atoms with Crippen LogP contribution < -0.4 is 0 Å². The summed E-state index contributed by atoms with van der Waals surface area (Å²) < 4.78 is 3.85. The first-order chi connectivity index (χ1) is 6.87. The van der Waals surface area contributed by atoms with Gasteiger partial charge in [-0.3, -0.25) is 0 Å². The molecule has 1 nitrogen and oxygen atoms in total. The summed E-state index contributed by atoms with van der Waals surface area (Å²) in [6, 6.07) is 0. The van der Waals surface area contributed by atoms with Crippen LogP contribution in [0.25, 0.3) is 0 Å². The molecule has 0 heterocycles. The Morgan fingerprint density at radius 3 is 2.60 bits per heavy atom. The molecule has 0 aliphatic heterocycles. The van der Waals surface area contributed by atoms with Crippen LogP contribution in [0.1, 0.15) is 25.7 Å². The molecule has 15 heavy (non-hydrogen) atoms. The molecule has 0 aromatic heterocycles. The summed E-state index contributed by atoms with van der Waals surface area (Å²) in [6.07, 6.45) is 4.68. The molecule has 0 amide bonds. The van der Waals surface area contributed by atoms with Crippen LogP contribution in [0.4, 0.5) is 0 Å². The molecular formula is C12H21GeIO. The van der Waals surface area contributed by atoms with Crippen molar-refractivity contribution < 1.29 is 5.11 Å². The van der Waals surface area contributed by atoms with Crippen molar-refractivity contribution in [3.63, 3.8) is 0 Å². The molecule has 2 atom stereocenters. The van der Waals surface area contributed by atoms with Crippen molar-refractivity contribution in [3.05, 3.63) is 0 Å². The van der Waals surface area contributed by atoms with Crippen LogP contribution in [0.15, 0.2) is 0 Å². The summed E-state index contributed by atoms with van der Waals surface area (Å²) in [6.45, 7) is 0.367. The predicted octanol–water partition coefficient (Wildman–Crippen LogP) is 3.22. The Morgan fingerprint density at radius 1 is 1.47 bits per heavy atom. The van der Waals surface area contributed by atoms with Gasteiger partial charge < -0.3 is 0 Å². The van der Waals surface area contributed by atoms with E-state index in [1.807, 2.05) is 0 Å². The Hall–Kier alpha value is 0.793. The van der Waals surface area contributed by atoms with Gasteiger partial charge in [0.25, 0.3) is 0 Å². The van der Waals surface area contributed by atoms with Crippen molar-refractivity contribution in [1.82, 2.24) is 0 Å². The van der Waals surface area contributed by atoms with E-state index in [9.17, 15) is 0 Å². The van der Waals surface area contributed by atoms with Crippen molar-refractivity contribution in [3.8, 4) is 10.7 Å². The summed E-state index contributed by atoms with van der Waals surface area (Å²) in [5, 5.41) is 9.03. The molecule has 0 radical (unpaired) electrons. The molecular weight excluding hydrogens is 360 g/mol. The second-order valence-corrected chi connectivity index (χ2v) is 17.6. The first-order valence-corrected chi connectivity index (χ1v) is 14.1. The quantitative estimate of drug-likeness (QED) is 0.261. The van der Waals surface area contributed by atoms with E-state index in [1.165, 1.54) is 19.3 Å². The third kappa shape index (κ3) is 5.10. The summed E-state index contributed by atoms with van der Waals surface area (Å²) in [4.78, 5) is 0. The van der Waals surface area contributed by atoms with Gasteiger partial charge in [-0.05, 0) is 0 Å². The van der Waals surface area contributed by atoms with Gasteiger partial charge in [-0.25, -0.2) is 0 Å². The number of alkyl halides is 1. The zero-order valence-corrected chi connectivity index (χ0v) is 14.2. The van der Waals surface area contributed by atoms with Crippen LogP contribution in [0.3, 0.4) is 0 Å². The van der Waals surface area contributed by atoms with Crippen LogP contribution in [-0.2, 0) is 0 Å². The van der Waals surface area contributed by atoms with E-state index in [0.29, 0.717) is 15.9 Å². The molecule has 1 N–H and O–H groups in total. The summed E-state index contributed by atoms with van der Waals surface area (Å²) in [7, 11) is 0. The third-order valence-corrected chi connectivity index (χ3v) is 6.54. The fourth-order valence-electron chi connectivity index (χ4n) is 1.68. The zero-order chi connectivity index (χ0) is 11.5. The van der Waals surface area contributed by atoms with Crippen LogP contribution >= 0.6 is 22.6 Å². The van der Waals surface area contributed by atoms with Crippen molar-refractivity contribution in [2.24, 2.45) is 5.92 Å². The van der Waals surface area contributed by atoms with Gasteiger partial charge in [0.1, 0.15) is 0 Å². The molecule has 0 bridgehead atoms. The van der Waals surface area contributed by atoms with E-state index in [4.69, 9.17) is 5.11 Å². The van der Waals surface area contributed by atoms with E-state index in [-0.39, 0.29) is 0 Å². The molecule has 86 valence electrons. The van der Waals surface area contributed by atoms with Gasteiger partial charge in [-0.1, -0.05) is 0 Å². The standard InChI is InChI=1S/C12H21GeIO/c1-13(2,3)8-6-4-5-7-12(14)9-11(12)10-15/h11,15H,4-5,7,9-10H2,1-3H3/t11-,12-/m0/s1. The normalized spacial score (nSPS) is 29.5. The van der Waals surface area contributed by atoms with Crippen molar-refractivity contribution in [1.29, 1.82) is 0 Å². The van der Waals surface area contributed by atoms with Gasteiger partial charge in [-0.2, -0.15) is 0 Å². The molecule has 1 saturated carbocycles. The summed E-state index contributed by atoms with van der Waals surface area (Å²) in [5.74, 6) is 10.9. The average molecular weight is 381 g/mol. The van der Waals surface area contributed by atoms with Gasteiger partial charge in [0, 0.05) is 0 Å². The first-order valence-electron chi connectivity index (χ1n) is 5.67. The SMILES string of the molecule is [CH3][Ge]([CH3])([CH3])[C]#CCCC[C@]1(I)C[C@H]1CO. The molecule has 1 rings (SSSR count). The maximum atomic E-state index is 9.03. The molecule has 1 aliphatic rings. The summed E-state index contributed by atoms with van der Waals surface area (Å²) in [5.41, 5.74) is 0. The molecule has 0 saturated heterocycles. The number of unbranched alkanes of at least 4 members (excludes halogenated alkanes) is 1. The predicted molar refractivity (Wildman–Crippen MR) is 76.9 cm³/mol. The van der Waals surface area contributed by atoms with Crippen LogP contribution in [0, 0.1) is 16.6 Å². The number of rotatable bonds is 4. The van der Waals surface area contributed by atoms with E-state index >= 15 is 0 Å². The molecule has 1 aliphatic carbocycles. The zero-order valence-electron chi connectivity index (χ0n) is 9.94. The molecule has 0 aromatic rings. The average Bonchev–Trinajstić information content (AvgIpc) is 2.75. The first kappa shape index (κ1) is 13.9. The van der Waals surface area contributed by atoms with Gasteiger partial charge in [-0.15, -0.1) is 0 Å². The van der Waals surface area contributed by atoms with Crippen molar-refractivity contribution in [2.45, 2.75) is 46.4 Å². The third-order valence-electron chi connectivity index (χ3n) is 2.74. The maximum absolute atomic E-state index is 9.03.